The maximum Gasteiger partial charge on any atom is 0.271 e. The second-order valence-corrected chi connectivity index (χ2v) is 4.44. The number of thiazole rings is 1. The van der Waals surface area contributed by atoms with E-state index in [1.54, 1.807) is 17.8 Å². The second kappa shape index (κ2) is 4.92. The quantitative estimate of drug-likeness (QED) is 0.864. The van der Waals surface area contributed by atoms with E-state index in [0.29, 0.717) is 10.8 Å². The molecule has 1 unspecified atom stereocenters. The predicted octanol–water partition coefficient (Wildman–Crippen LogP) is 1.61. The van der Waals surface area contributed by atoms with Gasteiger partial charge in [0.2, 0.25) is 0 Å². The van der Waals surface area contributed by atoms with E-state index >= 15 is 0 Å². The number of hydrogen-bond acceptors (Lipinski definition) is 5. The fourth-order valence-corrected chi connectivity index (χ4v) is 1.92. The van der Waals surface area contributed by atoms with Crippen molar-refractivity contribution in [2.75, 3.05) is 5.73 Å². The minimum Gasteiger partial charge on any atom is -0.375 e. The van der Waals surface area contributed by atoms with Crippen molar-refractivity contribution in [3.8, 4) is 0 Å². The Morgan fingerprint density at radius 2 is 2.41 bits per heavy atom. The van der Waals surface area contributed by atoms with Gasteiger partial charge in [0.15, 0.2) is 5.13 Å². The number of carbonyl (C=O) groups is 1. The van der Waals surface area contributed by atoms with E-state index in [9.17, 15) is 4.79 Å². The number of pyridine rings is 1. The molecule has 1 amide bonds. The lowest BCUT2D eigenvalue weighted by atomic mass is 10.1. The molecule has 2 rings (SSSR count). The molecule has 0 fully saturated rings. The standard InChI is InChI=1S/C11H12N4OS/c1-7(8-3-2-4-13-5-8)14-10(16)9-6-17-11(12)15-9/h2-7H,1H3,(H2,12,15)(H,14,16). The van der Waals surface area contributed by atoms with Crippen molar-refractivity contribution in [3.63, 3.8) is 0 Å². The van der Waals surface area contributed by atoms with Gasteiger partial charge in [-0.05, 0) is 18.6 Å². The van der Waals surface area contributed by atoms with E-state index in [1.165, 1.54) is 11.3 Å². The molecule has 3 N–H and O–H groups in total. The summed E-state index contributed by atoms with van der Waals surface area (Å²) in [5.41, 5.74) is 6.77. The van der Waals surface area contributed by atoms with E-state index in [4.69, 9.17) is 5.73 Å². The molecule has 0 aromatic carbocycles. The van der Waals surface area contributed by atoms with Crippen LogP contribution in [0.4, 0.5) is 5.13 Å². The zero-order valence-corrected chi connectivity index (χ0v) is 10.1. The van der Waals surface area contributed by atoms with Crippen molar-refractivity contribution in [3.05, 3.63) is 41.2 Å². The van der Waals surface area contributed by atoms with Crippen LogP contribution in [0.1, 0.15) is 29.0 Å². The first-order valence-corrected chi connectivity index (χ1v) is 5.96. The van der Waals surface area contributed by atoms with Crippen LogP contribution < -0.4 is 11.1 Å². The topological polar surface area (TPSA) is 80.9 Å². The van der Waals surface area contributed by atoms with Gasteiger partial charge in [0.1, 0.15) is 5.69 Å². The van der Waals surface area contributed by atoms with E-state index in [1.807, 2.05) is 19.1 Å². The van der Waals surface area contributed by atoms with Crippen LogP contribution in [0.2, 0.25) is 0 Å². The van der Waals surface area contributed by atoms with Gasteiger partial charge in [0.25, 0.3) is 5.91 Å². The largest absolute Gasteiger partial charge is 0.375 e. The van der Waals surface area contributed by atoms with Gasteiger partial charge in [-0.1, -0.05) is 6.07 Å². The Labute approximate surface area is 103 Å². The molecular formula is C11H12N4OS. The van der Waals surface area contributed by atoms with E-state index < -0.39 is 0 Å². The summed E-state index contributed by atoms with van der Waals surface area (Å²) in [7, 11) is 0. The number of amides is 1. The predicted molar refractivity (Wildman–Crippen MR) is 66.6 cm³/mol. The number of anilines is 1. The lowest BCUT2D eigenvalue weighted by Crippen LogP contribution is -2.26. The van der Waals surface area contributed by atoms with E-state index in [0.717, 1.165) is 5.56 Å². The molecule has 2 aromatic rings. The van der Waals surface area contributed by atoms with Gasteiger partial charge >= 0.3 is 0 Å². The van der Waals surface area contributed by atoms with Gasteiger partial charge in [-0.15, -0.1) is 11.3 Å². The highest BCUT2D eigenvalue weighted by Crippen LogP contribution is 2.14. The molecule has 0 aliphatic carbocycles. The summed E-state index contributed by atoms with van der Waals surface area (Å²) in [5, 5.41) is 4.87. The number of carbonyl (C=O) groups excluding carboxylic acids is 1. The van der Waals surface area contributed by atoms with Crippen LogP contribution in [-0.2, 0) is 0 Å². The van der Waals surface area contributed by atoms with Crippen molar-refractivity contribution in [2.45, 2.75) is 13.0 Å². The normalized spacial score (nSPS) is 12.1. The summed E-state index contributed by atoms with van der Waals surface area (Å²) in [5.74, 6) is -0.227. The highest BCUT2D eigenvalue weighted by atomic mass is 32.1. The fourth-order valence-electron chi connectivity index (χ4n) is 1.38. The van der Waals surface area contributed by atoms with Gasteiger partial charge in [-0.25, -0.2) is 4.98 Å². The van der Waals surface area contributed by atoms with Crippen molar-refractivity contribution < 1.29 is 4.79 Å². The lowest BCUT2D eigenvalue weighted by Gasteiger charge is -2.12. The van der Waals surface area contributed by atoms with Crippen molar-refractivity contribution >= 4 is 22.4 Å². The molecule has 17 heavy (non-hydrogen) atoms. The Bertz CT molecular complexity index is 511. The molecule has 0 spiro atoms. The van der Waals surface area contributed by atoms with E-state index in [-0.39, 0.29) is 11.9 Å². The molecular weight excluding hydrogens is 236 g/mol. The average Bonchev–Trinajstić information content (AvgIpc) is 2.77. The molecule has 6 heteroatoms. The molecule has 88 valence electrons. The number of aromatic nitrogens is 2. The third-order valence-electron chi connectivity index (χ3n) is 2.29. The summed E-state index contributed by atoms with van der Waals surface area (Å²) >= 11 is 1.25. The summed E-state index contributed by atoms with van der Waals surface area (Å²) < 4.78 is 0. The monoisotopic (exact) mass is 248 g/mol. The molecule has 2 heterocycles. The maximum atomic E-state index is 11.8. The van der Waals surface area contributed by atoms with Gasteiger partial charge < -0.3 is 11.1 Å². The SMILES string of the molecule is CC(NC(=O)c1csc(N)n1)c1cccnc1. The minimum atomic E-state index is -0.227. The van der Waals surface area contributed by atoms with Crippen LogP contribution in [0.15, 0.2) is 29.9 Å². The number of rotatable bonds is 3. The van der Waals surface area contributed by atoms with Crippen molar-refractivity contribution in [1.82, 2.24) is 15.3 Å². The van der Waals surface area contributed by atoms with Crippen LogP contribution in [0, 0.1) is 0 Å². The lowest BCUT2D eigenvalue weighted by molar-refractivity contribution is 0.0935. The number of nitrogen functional groups attached to an aromatic ring is 1. The Morgan fingerprint density at radius 3 is 3.00 bits per heavy atom. The molecule has 0 aliphatic heterocycles. The summed E-state index contributed by atoms with van der Waals surface area (Å²) in [6, 6.07) is 3.63. The Balaban J connectivity index is 2.04. The maximum absolute atomic E-state index is 11.8. The molecule has 0 aliphatic rings. The molecule has 0 radical (unpaired) electrons. The van der Waals surface area contributed by atoms with Crippen LogP contribution in [0.5, 0.6) is 0 Å². The molecule has 0 saturated heterocycles. The van der Waals surface area contributed by atoms with Crippen molar-refractivity contribution in [2.24, 2.45) is 0 Å². The van der Waals surface area contributed by atoms with E-state index in [2.05, 4.69) is 15.3 Å². The van der Waals surface area contributed by atoms with Crippen LogP contribution >= 0.6 is 11.3 Å². The van der Waals surface area contributed by atoms with Crippen LogP contribution in [0.3, 0.4) is 0 Å². The van der Waals surface area contributed by atoms with Gasteiger partial charge in [-0.2, -0.15) is 0 Å². The third kappa shape index (κ3) is 2.79. The highest BCUT2D eigenvalue weighted by molar-refractivity contribution is 7.13. The first kappa shape index (κ1) is 11.5. The number of hydrogen-bond donors (Lipinski definition) is 2. The van der Waals surface area contributed by atoms with Crippen LogP contribution in [-0.4, -0.2) is 15.9 Å². The third-order valence-corrected chi connectivity index (χ3v) is 2.96. The van der Waals surface area contributed by atoms with Gasteiger partial charge in [-0.3, -0.25) is 9.78 Å². The Morgan fingerprint density at radius 1 is 1.59 bits per heavy atom. The molecule has 5 nitrogen and oxygen atoms in total. The zero-order chi connectivity index (χ0) is 12.3. The summed E-state index contributed by atoms with van der Waals surface area (Å²) in [6.45, 7) is 1.89. The molecule has 1 atom stereocenters. The van der Waals surface area contributed by atoms with Crippen molar-refractivity contribution in [1.29, 1.82) is 0 Å². The highest BCUT2D eigenvalue weighted by Gasteiger charge is 2.13. The average molecular weight is 248 g/mol. The Hall–Kier alpha value is -1.95. The van der Waals surface area contributed by atoms with Gasteiger partial charge in [0.05, 0.1) is 6.04 Å². The zero-order valence-electron chi connectivity index (χ0n) is 9.25. The van der Waals surface area contributed by atoms with Gasteiger partial charge in [0, 0.05) is 17.8 Å². The fraction of sp³-hybridized carbons (Fsp3) is 0.182. The smallest absolute Gasteiger partial charge is 0.271 e. The number of nitrogens with one attached hydrogen (secondary N) is 1. The molecule has 0 bridgehead atoms. The number of nitrogens with two attached hydrogens (primary N) is 1. The summed E-state index contributed by atoms with van der Waals surface area (Å²) in [4.78, 5) is 19.7. The first-order chi connectivity index (χ1) is 8.16. The second-order valence-electron chi connectivity index (χ2n) is 3.55. The van der Waals surface area contributed by atoms with Crippen LogP contribution in [0.25, 0.3) is 0 Å². The minimum absolute atomic E-state index is 0.112. The molecule has 0 saturated carbocycles. The Kier molecular flexibility index (Phi) is 3.34. The summed E-state index contributed by atoms with van der Waals surface area (Å²) in [6.07, 6.45) is 3.42. The number of nitrogens with zero attached hydrogens (tertiary/aromatic N) is 2. The first-order valence-electron chi connectivity index (χ1n) is 5.08. The molecule has 2 aromatic heterocycles.